The van der Waals surface area contributed by atoms with Crippen LogP contribution in [0.3, 0.4) is 0 Å². The van der Waals surface area contributed by atoms with E-state index in [1.54, 1.807) is 0 Å². The van der Waals surface area contributed by atoms with Gasteiger partial charge in [-0.05, 0) is 12.0 Å². The maximum atomic E-state index is 11.5. The number of hydrogen-bond donors (Lipinski definition) is 2. The quantitative estimate of drug-likeness (QED) is 0.699. The van der Waals surface area contributed by atoms with Crippen molar-refractivity contribution in [3.8, 4) is 0 Å². The van der Waals surface area contributed by atoms with Crippen molar-refractivity contribution in [3.05, 3.63) is 35.9 Å². The molecule has 1 amide bonds. The fourth-order valence-electron chi connectivity index (χ4n) is 1.50. The third kappa shape index (κ3) is 5.25. The number of aliphatic carboxylic acids is 1. The molecule has 0 unspecified atom stereocenters. The highest BCUT2D eigenvalue weighted by atomic mass is 16.4. The third-order valence-corrected chi connectivity index (χ3v) is 2.39. The van der Waals surface area contributed by atoms with E-state index in [2.05, 4.69) is 5.32 Å². The summed E-state index contributed by atoms with van der Waals surface area (Å²) in [5.74, 6) is -1.44. The van der Waals surface area contributed by atoms with Crippen LogP contribution in [0.1, 0.15) is 18.4 Å². The first-order valence-corrected chi connectivity index (χ1v) is 5.62. The summed E-state index contributed by atoms with van der Waals surface area (Å²) in [5.41, 5.74) is 1.02. The van der Waals surface area contributed by atoms with E-state index in [1.165, 1.54) is 0 Å². The van der Waals surface area contributed by atoms with Gasteiger partial charge < -0.3 is 15.2 Å². The minimum Gasteiger partial charge on any atom is -0.481 e. The molecular formula is C13H15NO4. The summed E-state index contributed by atoms with van der Waals surface area (Å²) in [6, 6.07) is 8.51. The van der Waals surface area contributed by atoms with Crippen molar-refractivity contribution in [2.45, 2.75) is 25.3 Å². The lowest BCUT2D eigenvalue weighted by Gasteiger charge is -2.10. The fraction of sp³-hybridized carbons (Fsp3) is 0.308. The topological polar surface area (TPSA) is 83.5 Å². The highest BCUT2D eigenvalue weighted by molar-refractivity contribution is 5.82. The molecule has 0 radical (unpaired) electrons. The molecule has 0 aromatic heterocycles. The Balaban J connectivity index is 2.37. The predicted octanol–water partition coefficient (Wildman–Crippen LogP) is 0.778. The Morgan fingerprint density at radius 1 is 1.28 bits per heavy atom. The number of benzene rings is 1. The van der Waals surface area contributed by atoms with Crippen molar-refractivity contribution in [1.82, 2.24) is 5.32 Å². The van der Waals surface area contributed by atoms with Crippen LogP contribution in [0.25, 0.3) is 0 Å². The minimum absolute atomic E-state index is 0.230. The molecule has 0 heterocycles. The molecule has 5 heteroatoms. The lowest BCUT2D eigenvalue weighted by Crippen LogP contribution is -2.37. The Kier molecular flexibility index (Phi) is 5.57. The number of aldehydes is 1. The zero-order valence-electron chi connectivity index (χ0n) is 9.83. The highest BCUT2D eigenvalue weighted by Crippen LogP contribution is 2.02. The van der Waals surface area contributed by atoms with Crippen molar-refractivity contribution in [2.75, 3.05) is 0 Å². The first-order chi connectivity index (χ1) is 8.61. The van der Waals surface area contributed by atoms with Gasteiger partial charge in [0.25, 0.3) is 0 Å². The van der Waals surface area contributed by atoms with Crippen LogP contribution in [0.15, 0.2) is 30.3 Å². The highest BCUT2D eigenvalue weighted by Gasteiger charge is 2.14. The van der Waals surface area contributed by atoms with Crippen molar-refractivity contribution in [2.24, 2.45) is 0 Å². The molecule has 1 aromatic rings. The SMILES string of the molecule is O=C[C@H](CC(=O)O)NC(=O)CCc1ccccc1. The first kappa shape index (κ1) is 13.9. The monoisotopic (exact) mass is 249 g/mol. The number of nitrogens with one attached hydrogen (secondary N) is 1. The van der Waals surface area contributed by atoms with E-state index in [-0.39, 0.29) is 18.7 Å². The average Bonchev–Trinajstić information content (AvgIpc) is 2.36. The molecule has 0 bridgehead atoms. The molecule has 5 nitrogen and oxygen atoms in total. The Morgan fingerprint density at radius 3 is 2.50 bits per heavy atom. The summed E-state index contributed by atoms with van der Waals surface area (Å²) in [6.07, 6.45) is 0.842. The van der Waals surface area contributed by atoms with Crippen molar-refractivity contribution < 1.29 is 19.5 Å². The summed E-state index contributed by atoms with van der Waals surface area (Å²) < 4.78 is 0. The first-order valence-electron chi connectivity index (χ1n) is 5.62. The van der Waals surface area contributed by atoms with Crippen LogP contribution >= 0.6 is 0 Å². The molecule has 1 rings (SSSR count). The Bertz CT molecular complexity index is 416. The molecule has 0 spiro atoms. The van der Waals surface area contributed by atoms with Crippen molar-refractivity contribution >= 4 is 18.2 Å². The smallest absolute Gasteiger partial charge is 0.305 e. The molecule has 18 heavy (non-hydrogen) atoms. The van der Waals surface area contributed by atoms with Crippen molar-refractivity contribution in [1.29, 1.82) is 0 Å². The summed E-state index contributed by atoms with van der Waals surface area (Å²) >= 11 is 0. The third-order valence-electron chi connectivity index (χ3n) is 2.39. The summed E-state index contributed by atoms with van der Waals surface area (Å²) in [6.45, 7) is 0. The van der Waals surface area contributed by atoms with Gasteiger partial charge in [0.1, 0.15) is 6.29 Å². The van der Waals surface area contributed by atoms with Crippen LogP contribution in [0.4, 0.5) is 0 Å². The van der Waals surface area contributed by atoms with Crippen LogP contribution < -0.4 is 5.32 Å². The van der Waals surface area contributed by atoms with E-state index < -0.39 is 12.0 Å². The van der Waals surface area contributed by atoms with Gasteiger partial charge in [0.2, 0.25) is 5.91 Å². The lowest BCUT2D eigenvalue weighted by atomic mass is 10.1. The van der Waals surface area contributed by atoms with Gasteiger partial charge in [-0.25, -0.2) is 0 Å². The number of carbonyl (C=O) groups is 3. The number of amides is 1. The molecule has 2 N–H and O–H groups in total. The second-order valence-corrected chi connectivity index (χ2v) is 3.89. The maximum Gasteiger partial charge on any atom is 0.305 e. The lowest BCUT2D eigenvalue weighted by molar-refractivity contribution is -0.138. The van der Waals surface area contributed by atoms with Gasteiger partial charge in [-0.15, -0.1) is 0 Å². The van der Waals surface area contributed by atoms with Crippen molar-refractivity contribution in [3.63, 3.8) is 0 Å². The van der Waals surface area contributed by atoms with E-state index in [0.29, 0.717) is 12.7 Å². The zero-order valence-corrected chi connectivity index (χ0v) is 9.83. The van der Waals surface area contributed by atoms with Gasteiger partial charge in [-0.1, -0.05) is 30.3 Å². The van der Waals surface area contributed by atoms with Gasteiger partial charge in [0.15, 0.2) is 0 Å². The van der Waals surface area contributed by atoms with E-state index >= 15 is 0 Å². The predicted molar refractivity (Wildman–Crippen MR) is 65.0 cm³/mol. The largest absolute Gasteiger partial charge is 0.481 e. The molecule has 0 aliphatic heterocycles. The Hall–Kier alpha value is -2.17. The molecule has 0 saturated heterocycles. The van der Waals surface area contributed by atoms with Gasteiger partial charge in [-0.3, -0.25) is 9.59 Å². The Morgan fingerprint density at radius 2 is 1.94 bits per heavy atom. The normalized spacial score (nSPS) is 11.6. The molecule has 0 aliphatic carbocycles. The van der Waals surface area contributed by atoms with Crippen LogP contribution in [0.2, 0.25) is 0 Å². The van der Waals surface area contributed by atoms with Crippen LogP contribution in [-0.2, 0) is 20.8 Å². The second-order valence-electron chi connectivity index (χ2n) is 3.89. The minimum atomic E-state index is -1.12. The zero-order chi connectivity index (χ0) is 13.4. The summed E-state index contributed by atoms with van der Waals surface area (Å²) in [4.78, 5) is 32.5. The maximum absolute atomic E-state index is 11.5. The number of aryl methyl sites for hydroxylation is 1. The van der Waals surface area contributed by atoms with Crippen LogP contribution in [0, 0.1) is 0 Å². The van der Waals surface area contributed by atoms with E-state index in [1.807, 2.05) is 30.3 Å². The number of hydrogen-bond acceptors (Lipinski definition) is 3. The molecule has 0 aliphatic rings. The number of carboxylic acids is 1. The molecule has 1 atom stereocenters. The van der Waals surface area contributed by atoms with Gasteiger partial charge in [-0.2, -0.15) is 0 Å². The molecule has 0 fully saturated rings. The van der Waals surface area contributed by atoms with Gasteiger partial charge in [0, 0.05) is 6.42 Å². The average molecular weight is 249 g/mol. The van der Waals surface area contributed by atoms with E-state index in [4.69, 9.17) is 5.11 Å². The standard InChI is InChI=1S/C13H15NO4/c15-9-11(8-13(17)18)14-12(16)7-6-10-4-2-1-3-5-10/h1-5,9,11H,6-8H2,(H,14,16)(H,17,18)/t11-/m0/s1. The molecule has 96 valence electrons. The molecule has 0 saturated carbocycles. The molecular weight excluding hydrogens is 234 g/mol. The number of carbonyl (C=O) groups excluding carboxylic acids is 2. The number of carboxylic acid groups (broad SMARTS) is 1. The fourth-order valence-corrected chi connectivity index (χ4v) is 1.50. The van der Waals surface area contributed by atoms with Crippen LogP contribution in [0.5, 0.6) is 0 Å². The van der Waals surface area contributed by atoms with Gasteiger partial charge >= 0.3 is 5.97 Å². The molecule has 1 aromatic carbocycles. The van der Waals surface area contributed by atoms with E-state index in [9.17, 15) is 14.4 Å². The number of rotatable bonds is 7. The summed E-state index contributed by atoms with van der Waals surface area (Å²) in [7, 11) is 0. The van der Waals surface area contributed by atoms with Crippen LogP contribution in [-0.4, -0.2) is 29.3 Å². The van der Waals surface area contributed by atoms with Gasteiger partial charge in [0.05, 0.1) is 12.5 Å². The summed E-state index contributed by atoms with van der Waals surface area (Å²) in [5, 5.41) is 10.9. The Labute approximate surface area is 105 Å². The second kappa shape index (κ2) is 7.21. The van der Waals surface area contributed by atoms with E-state index in [0.717, 1.165) is 5.56 Å².